The third-order valence-electron chi connectivity index (χ3n) is 4.12. The quantitative estimate of drug-likeness (QED) is 0.389. The molecular formula is C20H19N3O6. The molecule has 0 aliphatic carbocycles. The molecule has 0 radical (unpaired) electrons. The monoisotopic (exact) mass is 397 g/mol. The van der Waals surface area contributed by atoms with Crippen molar-refractivity contribution in [3.05, 3.63) is 60.2 Å². The Bertz CT molecular complexity index is 1040. The molecule has 0 saturated heterocycles. The van der Waals surface area contributed by atoms with Gasteiger partial charge in [-0.15, -0.1) is 0 Å². The second-order valence-corrected chi connectivity index (χ2v) is 6.18. The van der Waals surface area contributed by atoms with E-state index in [1.54, 1.807) is 18.3 Å². The highest BCUT2D eigenvalue weighted by Crippen LogP contribution is 2.19. The molecule has 0 saturated carbocycles. The first-order valence-corrected chi connectivity index (χ1v) is 8.84. The predicted molar refractivity (Wildman–Crippen MR) is 102 cm³/mol. The molecule has 0 aliphatic rings. The van der Waals surface area contributed by atoms with E-state index in [-0.39, 0.29) is 18.1 Å². The Morgan fingerprint density at radius 3 is 2.62 bits per heavy atom. The zero-order chi connectivity index (χ0) is 20.8. The molecule has 9 heteroatoms. The van der Waals surface area contributed by atoms with Crippen molar-refractivity contribution in [2.24, 2.45) is 0 Å². The first kappa shape index (κ1) is 19.9. The van der Waals surface area contributed by atoms with Gasteiger partial charge in [0.05, 0.1) is 12.8 Å². The molecule has 2 amide bonds. The summed E-state index contributed by atoms with van der Waals surface area (Å²) in [6.45, 7) is 0.699. The standard InChI is InChI=1S/C20H19N3O6/c1-12(19(26)14-9-21-15-6-3-2-5-13(14)15)29-18(25)11-22-17(24)10-23-20(27)16-7-4-8-28-16/h2-9,12,21H,10-11H2,1H3,(H,22,24)(H,23,27)/t12-/m1/s1. The zero-order valence-corrected chi connectivity index (χ0v) is 15.6. The van der Waals surface area contributed by atoms with Gasteiger partial charge in [-0.25, -0.2) is 0 Å². The average Bonchev–Trinajstić information content (AvgIpc) is 3.39. The molecule has 0 unspecified atom stereocenters. The molecule has 0 aliphatic heterocycles. The maximum Gasteiger partial charge on any atom is 0.326 e. The number of H-pyrrole nitrogens is 1. The first-order valence-electron chi connectivity index (χ1n) is 8.84. The summed E-state index contributed by atoms with van der Waals surface area (Å²) in [6, 6.07) is 10.3. The van der Waals surface area contributed by atoms with Gasteiger partial charge >= 0.3 is 5.97 Å². The zero-order valence-electron chi connectivity index (χ0n) is 15.6. The summed E-state index contributed by atoms with van der Waals surface area (Å²) in [6.07, 6.45) is 1.89. The van der Waals surface area contributed by atoms with Crippen LogP contribution in [0.1, 0.15) is 27.8 Å². The fraction of sp³-hybridized carbons (Fsp3) is 0.200. The maximum atomic E-state index is 12.5. The molecule has 0 fully saturated rings. The van der Waals surface area contributed by atoms with Gasteiger partial charge in [-0.05, 0) is 25.1 Å². The van der Waals surface area contributed by atoms with Crippen molar-refractivity contribution in [2.45, 2.75) is 13.0 Å². The summed E-state index contributed by atoms with van der Waals surface area (Å²) in [7, 11) is 0. The minimum atomic E-state index is -1.02. The molecule has 2 aromatic heterocycles. The predicted octanol–water partition coefficient (Wildman–Crippen LogP) is 1.42. The van der Waals surface area contributed by atoms with E-state index >= 15 is 0 Å². The lowest BCUT2D eigenvalue weighted by Gasteiger charge is -2.12. The van der Waals surface area contributed by atoms with E-state index in [1.165, 1.54) is 19.3 Å². The summed E-state index contributed by atoms with van der Waals surface area (Å²) < 4.78 is 10.00. The van der Waals surface area contributed by atoms with Crippen molar-refractivity contribution in [3.8, 4) is 0 Å². The Balaban J connectivity index is 1.44. The number of hydrogen-bond donors (Lipinski definition) is 3. The van der Waals surface area contributed by atoms with Crippen molar-refractivity contribution < 1.29 is 28.3 Å². The number of hydrogen-bond acceptors (Lipinski definition) is 6. The van der Waals surface area contributed by atoms with Gasteiger partial charge in [0.1, 0.15) is 6.54 Å². The van der Waals surface area contributed by atoms with Crippen LogP contribution in [0, 0.1) is 0 Å². The number of furan rings is 1. The first-order chi connectivity index (χ1) is 14.0. The molecule has 3 aromatic rings. The van der Waals surface area contributed by atoms with E-state index in [9.17, 15) is 19.2 Å². The Hall–Kier alpha value is -3.88. The highest BCUT2D eigenvalue weighted by Gasteiger charge is 2.22. The Kier molecular flexibility index (Phi) is 6.08. The number of fused-ring (bicyclic) bond motifs is 1. The number of esters is 1. The summed E-state index contributed by atoms with van der Waals surface area (Å²) >= 11 is 0. The summed E-state index contributed by atoms with van der Waals surface area (Å²) in [5.74, 6) is -2.19. The Labute approximate surface area is 165 Å². The van der Waals surface area contributed by atoms with Crippen LogP contribution < -0.4 is 10.6 Å². The van der Waals surface area contributed by atoms with Crippen molar-refractivity contribution >= 4 is 34.5 Å². The van der Waals surface area contributed by atoms with Crippen LogP contribution in [0.25, 0.3) is 10.9 Å². The van der Waals surface area contributed by atoms with Crippen LogP contribution >= 0.6 is 0 Å². The minimum absolute atomic E-state index is 0.0711. The smallest absolute Gasteiger partial charge is 0.326 e. The number of carbonyl (C=O) groups is 4. The van der Waals surface area contributed by atoms with Crippen molar-refractivity contribution in [2.75, 3.05) is 13.1 Å². The number of ether oxygens (including phenoxy) is 1. The average molecular weight is 397 g/mol. The van der Waals surface area contributed by atoms with E-state index in [1.807, 2.05) is 18.2 Å². The Morgan fingerprint density at radius 2 is 1.86 bits per heavy atom. The van der Waals surface area contributed by atoms with Gasteiger partial charge in [-0.2, -0.15) is 0 Å². The molecule has 1 atom stereocenters. The molecular weight excluding hydrogens is 378 g/mol. The largest absolute Gasteiger partial charge is 0.459 e. The van der Waals surface area contributed by atoms with E-state index in [0.29, 0.717) is 5.56 Å². The lowest BCUT2D eigenvalue weighted by Crippen LogP contribution is -2.40. The van der Waals surface area contributed by atoms with Crippen LogP contribution in [0.15, 0.2) is 53.3 Å². The number of nitrogens with one attached hydrogen (secondary N) is 3. The fourth-order valence-electron chi connectivity index (χ4n) is 2.68. The molecule has 0 spiro atoms. The van der Waals surface area contributed by atoms with E-state index in [4.69, 9.17) is 9.15 Å². The SMILES string of the molecule is C[C@@H](OC(=O)CNC(=O)CNC(=O)c1ccco1)C(=O)c1c[nH]c2ccccc12. The van der Waals surface area contributed by atoms with Gasteiger partial charge in [0.15, 0.2) is 11.9 Å². The van der Waals surface area contributed by atoms with Crippen LogP contribution in [0.2, 0.25) is 0 Å². The molecule has 150 valence electrons. The van der Waals surface area contributed by atoms with Crippen LogP contribution in [0.3, 0.4) is 0 Å². The lowest BCUT2D eigenvalue weighted by molar-refractivity contribution is -0.146. The molecule has 3 rings (SSSR count). The van der Waals surface area contributed by atoms with E-state index in [2.05, 4.69) is 15.6 Å². The van der Waals surface area contributed by atoms with Gasteiger partial charge in [0.25, 0.3) is 5.91 Å². The number of carbonyl (C=O) groups excluding carboxylic acids is 4. The van der Waals surface area contributed by atoms with Crippen LogP contribution in [0.5, 0.6) is 0 Å². The number of Topliss-reactive ketones (excluding diaryl/α,β-unsaturated/α-hetero) is 1. The molecule has 0 bridgehead atoms. The second kappa shape index (κ2) is 8.87. The van der Waals surface area contributed by atoms with Gasteiger partial charge in [-0.1, -0.05) is 18.2 Å². The molecule has 3 N–H and O–H groups in total. The number of para-hydroxylation sites is 1. The van der Waals surface area contributed by atoms with Gasteiger partial charge in [0, 0.05) is 22.7 Å². The summed E-state index contributed by atoms with van der Waals surface area (Å²) in [5.41, 5.74) is 1.23. The molecule has 1 aromatic carbocycles. The van der Waals surface area contributed by atoms with Gasteiger partial charge in [0.2, 0.25) is 11.7 Å². The van der Waals surface area contributed by atoms with Crippen LogP contribution in [-0.4, -0.2) is 47.7 Å². The number of ketones is 1. The highest BCUT2D eigenvalue weighted by atomic mass is 16.5. The third kappa shape index (κ3) is 4.89. The Morgan fingerprint density at radius 1 is 1.07 bits per heavy atom. The van der Waals surface area contributed by atoms with E-state index in [0.717, 1.165) is 10.9 Å². The van der Waals surface area contributed by atoms with E-state index < -0.39 is 30.4 Å². The number of aromatic amines is 1. The van der Waals surface area contributed by atoms with Crippen LogP contribution in [-0.2, 0) is 14.3 Å². The highest BCUT2D eigenvalue weighted by molar-refractivity contribution is 6.10. The molecule has 9 nitrogen and oxygen atoms in total. The topological polar surface area (TPSA) is 130 Å². The van der Waals surface area contributed by atoms with Crippen molar-refractivity contribution in [1.82, 2.24) is 15.6 Å². The van der Waals surface area contributed by atoms with Gasteiger partial charge in [-0.3, -0.25) is 19.2 Å². The molecule has 2 heterocycles. The van der Waals surface area contributed by atoms with Gasteiger partial charge < -0.3 is 24.8 Å². The second-order valence-electron chi connectivity index (χ2n) is 6.18. The number of amides is 2. The number of rotatable bonds is 8. The minimum Gasteiger partial charge on any atom is -0.459 e. The fourth-order valence-corrected chi connectivity index (χ4v) is 2.68. The van der Waals surface area contributed by atoms with Crippen molar-refractivity contribution in [3.63, 3.8) is 0 Å². The molecule has 29 heavy (non-hydrogen) atoms. The number of benzene rings is 1. The summed E-state index contributed by atoms with van der Waals surface area (Å²) in [5, 5.41) is 5.40. The van der Waals surface area contributed by atoms with Crippen LogP contribution in [0.4, 0.5) is 0 Å². The lowest BCUT2D eigenvalue weighted by atomic mass is 10.1. The number of aromatic nitrogens is 1. The van der Waals surface area contributed by atoms with Crippen molar-refractivity contribution in [1.29, 1.82) is 0 Å². The summed E-state index contributed by atoms with van der Waals surface area (Å²) in [4.78, 5) is 50.9. The third-order valence-corrected chi connectivity index (χ3v) is 4.12. The normalized spacial score (nSPS) is 11.6. The maximum absolute atomic E-state index is 12.5.